The number of allylic oxidation sites excluding steroid dienone is 5. The van der Waals surface area contributed by atoms with Crippen LogP contribution in [0.2, 0.25) is 36.3 Å². The third-order valence-corrected chi connectivity index (χ3v) is 24.0. The lowest BCUT2D eigenvalue weighted by Crippen LogP contribution is -2.50. The van der Waals surface area contributed by atoms with E-state index in [1.807, 2.05) is 13.0 Å². The highest BCUT2D eigenvalue weighted by Crippen LogP contribution is 2.60. The summed E-state index contributed by atoms with van der Waals surface area (Å²) >= 11 is 0. The van der Waals surface area contributed by atoms with Crippen molar-refractivity contribution in [1.82, 2.24) is 0 Å². The van der Waals surface area contributed by atoms with Crippen LogP contribution in [-0.2, 0) is 27.9 Å². The molecular formula is C47H82O6Si2. The van der Waals surface area contributed by atoms with Crippen LogP contribution < -0.4 is 0 Å². The number of esters is 2. The fraction of sp³-hybridized carbons (Fsp3) is 0.787. The fourth-order valence-corrected chi connectivity index (χ4v) is 12.7. The first-order valence-corrected chi connectivity index (χ1v) is 27.7. The fourth-order valence-electron chi connectivity index (χ4n) is 9.88. The second-order valence-electron chi connectivity index (χ2n) is 20.5. The van der Waals surface area contributed by atoms with E-state index in [4.69, 9.17) is 18.3 Å². The Balaban J connectivity index is 0.000000342. The zero-order chi connectivity index (χ0) is 41.5. The molecule has 0 bridgehead atoms. The Kier molecular flexibility index (Phi) is 16.7. The highest BCUT2D eigenvalue weighted by atomic mass is 28.4. The lowest BCUT2D eigenvalue weighted by Gasteiger charge is -2.49. The number of hydrogen-bond donors (Lipinski definition) is 0. The summed E-state index contributed by atoms with van der Waals surface area (Å²) in [5.74, 6) is 1.01. The topological polar surface area (TPSA) is 71.1 Å². The standard InChI is InChI=1S/C29H48O5Si.C18H34OSi/c1-9-32-26(30)17-11-14-22(15-12-18-27(31)33-10-2)23-19-20-24-25(16-13-21-29(23,24)6)34-35(7,8)28(3,4)5;1-14(2)18-12-8-10-15(18)16(11-9-13-18)19-20(6,7)17(3,4)5/h11-12,14,17-18,23-25H,9-10,13,15-16,19-21H2,1-8H3;15-16H,1,8-13H2,2-7H3/b17-11+,18-12+,22-14-;/t23-,24?,25+,29-;15?,16-,18-/m10/s1. The molecule has 0 heterocycles. The van der Waals surface area contributed by atoms with E-state index in [0.29, 0.717) is 54.1 Å². The van der Waals surface area contributed by atoms with E-state index >= 15 is 0 Å². The molecule has 6 nitrogen and oxygen atoms in total. The second kappa shape index (κ2) is 19.3. The van der Waals surface area contributed by atoms with Gasteiger partial charge >= 0.3 is 11.9 Å². The van der Waals surface area contributed by atoms with E-state index in [2.05, 4.69) is 94.2 Å². The van der Waals surface area contributed by atoms with Gasteiger partial charge in [-0.15, -0.1) is 0 Å². The second-order valence-corrected chi connectivity index (χ2v) is 30.0. The summed E-state index contributed by atoms with van der Waals surface area (Å²) < 4.78 is 23.9. The monoisotopic (exact) mass is 799 g/mol. The van der Waals surface area contributed by atoms with Crippen molar-refractivity contribution in [3.63, 3.8) is 0 Å². The summed E-state index contributed by atoms with van der Waals surface area (Å²) in [6.07, 6.45) is 24.0. The molecule has 4 rings (SSSR count). The molecule has 0 saturated heterocycles. The molecule has 0 spiro atoms. The summed E-state index contributed by atoms with van der Waals surface area (Å²) in [7, 11) is -3.51. The number of hydrogen-bond acceptors (Lipinski definition) is 6. The third kappa shape index (κ3) is 11.7. The van der Waals surface area contributed by atoms with Crippen molar-refractivity contribution in [1.29, 1.82) is 0 Å². The smallest absolute Gasteiger partial charge is 0.330 e. The van der Waals surface area contributed by atoms with E-state index in [9.17, 15) is 9.59 Å². The number of fused-ring (bicyclic) bond motifs is 2. The van der Waals surface area contributed by atoms with Crippen molar-refractivity contribution in [3.8, 4) is 0 Å². The van der Waals surface area contributed by atoms with Crippen LogP contribution in [0.4, 0.5) is 0 Å². The third-order valence-electron chi connectivity index (χ3n) is 15.0. The van der Waals surface area contributed by atoms with E-state index in [1.54, 1.807) is 13.0 Å². The van der Waals surface area contributed by atoms with Crippen LogP contribution in [0, 0.1) is 28.6 Å². The van der Waals surface area contributed by atoms with E-state index in [-0.39, 0.29) is 22.4 Å². The van der Waals surface area contributed by atoms with E-state index < -0.39 is 16.6 Å². The molecule has 4 fully saturated rings. The van der Waals surface area contributed by atoms with Crippen LogP contribution in [0.5, 0.6) is 0 Å². The van der Waals surface area contributed by atoms with E-state index in [1.165, 1.54) is 74.7 Å². The number of rotatable bonds is 13. The van der Waals surface area contributed by atoms with Gasteiger partial charge in [0, 0.05) is 24.4 Å². The molecule has 0 N–H and O–H groups in total. The van der Waals surface area contributed by atoms with Gasteiger partial charge in [-0.25, -0.2) is 9.59 Å². The molecule has 0 aromatic heterocycles. The van der Waals surface area contributed by atoms with Gasteiger partial charge in [0.1, 0.15) is 0 Å². The summed E-state index contributed by atoms with van der Waals surface area (Å²) in [5, 5.41) is 0.509. The van der Waals surface area contributed by atoms with Crippen LogP contribution in [0.15, 0.2) is 48.1 Å². The van der Waals surface area contributed by atoms with Gasteiger partial charge in [-0.2, -0.15) is 0 Å². The largest absolute Gasteiger partial charge is 0.463 e. The predicted octanol–water partition coefficient (Wildman–Crippen LogP) is 13.1. The van der Waals surface area contributed by atoms with Crippen molar-refractivity contribution in [2.75, 3.05) is 13.2 Å². The molecule has 4 aliphatic carbocycles. The van der Waals surface area contributed by atoms with Gasteiger partial charge in [0.05, 0.1) is 13.2 Å². The van der Waals surface area contributed by atoms with Crippen molar-refractivity contribution >= 4 is 28.6 Å². The molecule has 4 saturated carbocycles. The van der Waals surface area contributed by atoms with Crippen LogP contribution in [0.25, 0.3) is 0 Å². The Morgan fingerprint density at radius 1 is 0.727 bits per heavy atom. The molecule has 0 radical (unpaired) electrons. The van der Waals surface area contributed by atoms with E-state index in [0.717, 1.165) is 25.2 Å². The minimum Gasteiger partial charge on any atom is -0.463 e. The minimum atomic E-state index is -1.86. The molecule has 0 aliphatic heterocycles. The SMILES string of the molecule is C=C(C)[C@@]12CCCC1[C@@H](O[Si](C)(C)C(C)(C)C)CCC2.CCOC(=O)/C=C/C=C(/C/C=C/C(=O)OCC)[C@H]1CCC2[C@@H](O[Si](C)(C)C(C)(C)C)CCC[C@@]21C. The van der Waals surface area contributed by atoms with Crippen LogP contribution in [-0.4, -0.2) is 54.0 Å². The molecule has 0 aromatic rings. The Labute approximate surface area is 340 Å². The van der Waals surface area contributed by atoms with Crippen LogP contribution in [0.1, 0.15) is 146 Å². The molecule has 55 heavy (non-hydrogen) atoms. The Morgan fingerprint density at radius 3 is 1.73 bits per heavy atom. The minimum absolute atomic E-state index is 0.145. The van der Waals surface area contributed by atoms with Gasteiger partial charge in [-0.1, -0.05) is 104 Å². The highest BCUT2D eigenvalue weighted by Gasteiger charge is 2.54. The zero-order valence-corrected chi connectivity index (χ0v) is 39.8. The average Bonchev–Trinajstić information content (AvgIpc) is 3.67. The maximum Gasteiger partial charge on any atom is 0.330 e. The summed E-state index contributed by atoms with van der Waals surface area (Å²) in [5.41, 5.74) is 3.23. The Hall–Kier alpha value is -1.75. The Morgan fingerprint density at radius 2 is 1.22 bits per heavy atom. The number of carbonyl (C=O) groups excluding carboxylic acids is 2. The first kappa shape index (κ1) is 47.6. The van der Waals surface area contributed by atoms with Crippen molar-refractivity contribution in [2.45, 2.75) is 195 Å². The first-order chi connectivity index (χ1) is 25.5. The van der Waals surface area contributed by atoms with Crippen LogP contribution >= 0.6 is 0 Å². The zero-order valence-electron chi connectivity index (χ0n) is 37.8. The average molecular weight is 799 g/mol. The van der Waals surface area contributed by atoms with Gasteiger partial charge in [0.2, 0.25) is 0 Å². The lowest BCUT2D eigenvalue weighted by molar-refractivity contribution is -0.138. The van der Waals surface area contributed by atoms with Crippen molar-refractivity contribution in [3.05, 3.63) is 48.1 Å². The molecule has 8 heteroatoms. The van der Waals surface area contributed by atoms with Gasteiger partial charge in [0.15, 0.2) is 16.6 Å². The molecule has 314 valence electrons. The van der Waals surface area contributed by atoms with Gasteiger partial charge in [-0.05, 0) is 143 Å². The van der Waals surface area contributed by atoms with Gasteiger partial charge in [-0.3, -0.25) is 0 Å². The highest BCUT2D eigenvalue weighted by molar-refractivity contribution is 6.74. The molecular weight excluding hydrogens is 717 g/mol. The maximum atomic E-state index is 11.9. The number of carbonyl (C=O) groups is 2. The predicted molar refractivity (Wildman–Crippen MR) is 235 cm³/mol. The first-order valence-electron chi connectivity index (χ1n) is 21.8. The summed E-state index contributed by atoms with van der Waals surface area (Å²) in [4.78, 5) is 23.7. The molecule has 4 aliphatic rings. The summed E-state index contributed by atoms with van der Waals surface area (Å²) in [6.45, 7) is 36.9. The molecule has 7 atom stereocenters. The summed E-state index contributed by atoms with van der Waals surface area (Å²) in [6, 6.07) is 0. The van der Waals surface area contributed by atoms with Crippen LogP contribution in [0.3, 0.4) is 0 Å². The Bertz CT molecular complexity index is 1400. The quantitative estimate of drug-likeness (QED) is 0.0607. The lowest BCUT2D eigenvalue weighted by atomic mass is 9.62. The van der Waals surface area contributed by atoms with Gasteiger partial charge < -0.3 is 18.3 Å². The van der Waals surface area contributed by atoms with Crippen molar-refractivity contribution < 1.29 is 27.9 Å². The van der Waals surface area contributed by atoms with Gasteiger partial charge in [0.25, 0.3) is 0 Å². The maximum absolute atomic E-state index is 11.9. The molecule has 0 amide bonds. The number of ether oxygens (including phenoxy) is 2. The molecule has 2 unspecified atom stereocenters. The van der Waals surface area contributed by atoms with Crippen molar-refractivity contribution in [2.24, 2.45) is 28.6 Å². The molecule has 0 aromatic carbocycles. The normalized spacial score (nSPS) is 30.4.